The first-order valence-electron chi connectivity index (χ1n) is 10.4. The molecule has 0 aliphatic carbocycles. The molecule has 2 N–H and O–H groups in total. The number of nitrogens with zero attached hydrogens (tertiary/aromatic N) is 4. The number of aryl methyl sites for hydroxylation is 1. The van der Waals surface area contributed by atoms with Gasteiger partial charge in [-0.1, -0.05) is 18.2 Å². The molecule has 0 aliphatic heterocycles. The Morgan fingerprint density at radius 2 is 1.97 bits per heavy atom. The number of carbonyl (C=O) groups is 1. The number of hydrogen-bond donors (Lipinski definition) is 2. The molecule has 0 unspecified atom stereocenters. The van der Waals surface area contributed by atoms with Gasteiger partial charge in [0.05, 0.1) is 23.3 Å². The van der Waals surface area contributed by atoms with E-state index in [1.54, 1.807) is 36.7 Å². The summed E-state index contributed by atoms with van der Waals surface area (Å²) in [6.45, 7) is 2.22. The van der Waals surface area contributed by atoms with Gasteiger partial charge in [0, 0.05) is 29.6 Å². The maximum Gasteiger partial charge on any atom is 0.267 e. The molecule has 5 rings (SSSR count). The number of hydrogen-bond acceptors (Lipinski definition) is 5. The number of nitrogens with one attached hydrogen (secondary N) is 2. The molecule has 1 amide bonds. The van der Waals surface area contributed by atoms with Crippen molar-refractivity contribution in [3.05, 3.63) is 106 Å². The predicted octanol–water partition coefficient (Wildman–Crippen LogP) is 3.79. The Labute approximate surface area is 189 Å². The van der Waals surface area contributed by atoms with Crippen molar-refractivity contribution in [3.63, 3.8) is 0 Å². The van der Waals surface area contributed by atoms with E-state index in [9.17, 15) is 9.59 Å². The molecule has 0 saturated heterocycles. The van der Waals surface area contributed by atoms with E-state index in [0.29, 0.717) is 17.2 Å². The lowest BCUT2D eigenvalue weighted by atomic mass is 10.1. The molecular weight excluding hydrogens is 416 g/mol. The molecule has 0 fully saturated rings. The monoisotopic (exact) mass is 436 g/mol. The molecule has 2 aromatic carbocycles. The van der Waals surface area contributed by atoms with Crippen LogP contribution in [0.3, 0.4) is 0 Å². The highest BCUT2D eigenvalue weighted by Gasteiger charge is 2.11. The van der Waals surface area contributed by atoms with Gasteiger partial charge in [-0.2, -0.15) is 5.10 Å². The van der Waals surface area contributed by atoms with Crippen molar-refractivity contribution in [1.82, 2.24) is 24.7 Å². The maximum absolute atomic E-state index is 12.8. The first-order valence-corrected chi connectivity index (χ1v) is 10.4. The summed E-state index contributed by atoms with van der Waals surface area (Å²) in [6.07, 6.45) is 3.38. The summed E-state index contributed by atoms with van der Waals surface area (Å²) in [4.78, 5) is 36.8. The Morgan fingerprint density at radius 1 is 1.06 bits per heavy atom. The van der Waals surface area contributed by atoms with Gasteiger partial charge in [0.2, 0.25) is 5.95 Å². The van der Waals surface area contributed by atoms with Gasteiger partial charge in [-0.15, -0.1) is 0 Å². The maximum atomic E-state index is 12.8. The predicted molar refractivity (Wildman–Crippen MR) is 126 cm³/mol. The molecule has 0 radical (unpaired) electrons. The number of anilines is 1. The first kappa shape index (κ1) is 20.3. The molecule has 0 spiro atoms. The van der Waals surface area contributed by atoms with E-state index in [1.165, 1.54) is 10.7 Å². The van der Waals surface area contributed by atoms with Gasteiger partial charge in [0.15, 0.2) is 0 Å². The number of amides is 1. The lowest BCUT2D eigenvalue weighted by Crippen LogP contribution is -2.23. The molecule has 0 aliphatic rings. The minimum absolute atomic E-state index is 0.227. The molecule has 33 heavy (non-hydrogen) atoms. The minimum atomic E-state index is -0.294. The summed E-state index contributed by atoms with van der Waals surface area (Å²) in [5.74, 6) is 0.0881. The van der Waals surface area contributed by atoms with Crippen molar-refractivity contribution in [2.45, 2.75) is 13.5 Å². The summed E-state index contributed by atoms with van der Waals surface area (Å²) >= 11 is 0. The molecular formula is C25H20N6O2. The Morgan fingerprint density at radius 3 is 2.82 bits per heavy atom. The van der Waals surface area contributed by atoms with Gasteiger partial charge in [-0.3, -0.25) is 19.9 Å². The van der Waals surface area contributed by atoms with Crippen LogP contribution in [-0.2, 0) is 6.54 Å². The number of fused-ring (bicyclic) bond motifs is 1. The van der Waals surface area contributed by atoms with Crippen LogP contribution in [0.1, 0.15) is 21.5 Å². The highest BCUT2D eigenvalue weighted by molar-refractivity contribution is 6.04. The summed E-state index contributed by atoms with van der Waals surface area (Å²) in [7, 11) is 0. The summed E-state index contributed by atoms with van der Waals surface area (Å²) in [5.41, 5.74) is 5.21. The zero-order chi connectivity index (χ0) is 22.8. The number of imidazole rings is 1. The number of pyridine rings is 1. The minimum Gasteiger partial charge on any atom is -0.324 e. The number of aromatic amines is 1. The smallest absolute Gasteiger partial charge is 0.267 e. The fraction of sp³-hybridized carbons (Fsp3) is 0.0800. The first-order chi connectivity index (χ1) is 16.0. The fourth-order valence-electron chi connectivity index (χ4n) is 3.57. The molecule has 3 aromatic heterocycles. The second-order valence-electron chi connectivity index (χ2n) is 7.72. The number of H-pyrrole nitrogens is 1. The van der Waals surface area contributed by atoms with Gasteiger partial charge < -0.3 is 4.98 Å². The summed E-state index contributed by atoms with van der Waals surface area (Å²) in [6, 6.07) is 19.8. The molecule has 0 atom stereocenters. The van der Waals surface area contributed by atoms with E-state index in [-0.39, 0.29) is 18.0 Å². The molecule has 0 saturated carbocycles. The second-order valence-corrected chi connectivity index (χ2v) is 7.72. The molecule has 3 heterocycles. The SMILES string of the molecule is Cc1ccc2[nH]c(NC(=O)c3cccc(Cn4nc(-c5cccnc5)ccc4=O)c3)nc2c1. The van der Waals surface area contributed by atoms with Gasteiger partial charge in [-0.25, -0.2) is 9.67 Å². The van der Waals surface area contributed by atoms with Crippen LogP contribution in [0.2, 0.25) is 0 Å². The third kappa shape index (κ3) is 4.40. The highest BCUT2D eigenvalue weighted by Crippen LogP contribution is 2.17. The average Bonchev–Trinajstić information content (AvgIpc) is 3.22. The normalized spacial score (nSPS) is 10.9. The van der Waals surface area contributed by atoms with Crippen LogP contribution in [0.4, 0.5) is 5.95 Å². The van der Waals surface area contributed by atoms with E-state index in [0.717, 1.165) is 27.7 Å². The van der Waals surface area contributed by atoms with Crippen LogP contribution in [0.15, 0.2) is 83.9 Å². The van der Waals surface area contributed by atoms with Crippen LogP contribution in [0.25, 0.3) is 22.3 Å². The second kappa shape index (κ2) is 8.51. The third-order valence-electron chi connectivity index (χ3n) is 5.22. The number of carbonyl (C=O) groups excluding carboxylic acids is 1. The molecule has 0 bridgehead atoms. The zero-order valence-corrected chi connectivity index (χ0v) is 17.8. The van der Waals surface area contributed by atoms with Gasteiger partial charge in [-0.05, 0) is 60.5 Å². The Balaban J connectivity index is 1.37. The standard InChI is InChI=1S/C25H20N6O2/c1-16-7-8-21-22(12-16)28-25(27-21)29-24(33)18-5-2-4-17(13-18)15-31-23(32)10-9-20(30-31)19-6-3-11-26-14-19/h2-14H,15H2,1H3,(H2,27,28,29,33). The molecule has 8 nitrogen and oxygen atoms in total. The van der Waals surface area contributed by atoms with Crippen LogP contribution >= 0.6 is 0 Å². The number of benzene rings is 2. The van der Waals surface area contributed by atoms with Crippen LogP contribution < -0.4 is 10.9 Å². The van der Waals surface area contributed by atoms with Crippen molar-refractivity contribution in [1.29, 1.82) is 0 Å². The van der Waals surface area contributed by atoms with Crippen molar-refractivity contribution in [2.75, 3.05) is 5.32 Å². The lowest BCUT2D eigenvalue weighted by molar-refractivity contribution is 0.102. The van der Waals surface area contributed by atoms with E-state index < -0.39 is 0 Å². The molecule has 5 aromatic rings. The van der Waals surface area contributed by atoms with Crippen molar-refractivity contribution >= 4 is 22.9 Å². The zero-order valence-electron chi connectivity index (χ0n) is 17.8. The van der Waals surface area contributed by atoms with Crippen LogP contribution in [0.5, 0.6) is 0 Å². The fourth-order valence-corrected chi connectivity index (χ4v) is 3.57. The van der Waals surface area contributed by atoms with Crippen LogP contribution in [-0.4, -0.2) is 30.6 Å². The average molecular weight is 436 g/mol. The van der Waals surface area contributed by atoms with E-state index in [4.69, 9.17) is 0 Å². The van der Waals surface area contributed by atoms with Crippen molar-refractivity contribution < 1.29 is 4.79 Å². The van der Waals surface area contributed by atoms with E-state index >= 15 is 0 Å². The van der Waals surface area contributed by atoms with Crippen molar-refractivity contribution in [3.8, 4) is 11.3 Å². The van der Waals surface area contributed by atoms with Gasteiger partial charge in [0.1, 0.15) is 0 Å². The Kier molecular flexibility index (Phi) is 5.24. The number of aromatic nitrogens is 5. The van der Waals surface area contributed by atoms with Gasteiger partial charge in [0.25, 0.3) is 11.5 Å². The van der Waals surface area contributed by atoms with E-state index in [2.05, 4.69) is 25.4 Å². The number of rotatable bonds is 5. The van der Waals surface area contributed by atoms with Crippen LogP contribution in [0, 0.1) is 6.92 Å². The quantitative estimate of drug-likeness (QED) is 0.436. The Bertz CT molecular complexity index is 1520. The third-order valence-corrected chi connectivity index (χ3v) is 5.22. The molecule has 162 valence electrons. The molecule has 8 heteroatoms. The van der Waals surface area contributed by atoms with E-state index in [1.807, 2.05) is 43.3 Å². The highest BCUT2D eigenvalue weighted by atomic mass is 16.2. The lowest BCUT2D eigenvalue weighted by Gasteiger charge is -2.09. The summed E-state index contributed by atoms with van der Waals surface area (Å²) < 4.78 is 1.38. The van der Waals surface area contributed by atoms with Gasteiger partial charge >= 0.3 is 0 Å². The largest absolute Gasteiger partial charge is 0.324 e. The van der Waals surface area contributed by atoms with Crippen molar-refractivity contribution in [2.24, 2.45) is 0 Å². The Hall–Kier alpha value is -4.59. The summed E-state index contributed by atoms with van der Waals surface area (Å²) in [5, 5.41) is 7.26. The topological polar surface area (TPSA) is 106 Å².